The number of rotatable bonds is 5. The van der Waals surface area contributed by atoms with E-state index in [1.165, 1.54) is 21.9 Å². The number of amides is 1. The van der Waals surface area contributed by atoms with Crippen LogP contribution in [0.2, 0.25) is 0 Å². The summed E-state index contributed by atoms with van der Waals surface area (Å²) in [7, 11) is 0. The first-order valence-corrected chi connectivity index (χ1v) is 11.7. The molecule has 32 heavy (non-hydrogen) atoms. The van der Waals surface area contributed by atoms with E-state index < -0.39 is 0 Å². The first kappa shape index (κ1) is 21.0. The highest BCUT2D eigenvalue weighted by Gasteiger charge is 2.36. The number of nitrogens with one attached hydrogen (secondary N) is 1. The third kappa shape index (κ3) is 4.10. The molecule has 1 aliphatic carbocycles. The molecule has 1 saturated carbocycles. The molecule has 0 radical (unpaired) electrons. The molecule has 0 aromatic heterocycles. The number of benzene rings is 3. The largest absolute Gasteiger partial charge is 0.355 e. The van der Waals surface area contributed by atoms with E-state index in [1.807, 2.05) is 0 Å². The fraction of sp³-hybridized carbons (Fsp3) is 0.370. The first-order valence-electron chi connectivity index (χ1n) is 11.7. The molecule has 1 amide bonds. The van der Waals surface area contributed by atoms with Crippen LogP contribution in [0.1, 0.15) is 42.4 Å². The zero-order valence-electron chi connectivity index (χ0n) is 18.5. The Morgan fingerprint density at radius 2 is 1.91 bits per heavy atom. The number of hydrogen-bond donors (Lipinski definition) is 3. The lowest BCUT2D eigenvalue weighted by atomic mass is 9.91. The molecule has 0 spiro atoms. The molecule has 1 aliphatic heterocycles. The van der Waals surface area contributed by atoms with Crippen molar-refractivity contribution >= 4 is 22.4 Å². The molecule has 3 aromatic carbocycles. The van der Waals surface area contributed by atoms with Gasteiger partial charge in [0.25, 0.3) is 0 Å². The van der Waals surface area contributed by atoms with Gasteiger partial charge in [-0.3, -0.25) is 4.79 Å². The van der Waals surface area contributed by atoms with Gasteiger partial charge in [0.05, 0.1) is 0 Å². The third-order valence-corrected chi connectivity index (χ3v) is 7.07. The standard InChI is InChI=1S/C27H32N4O/c28-16-18-11-12-20-14-26(27(32)30-23-9-4-8-22(29)15-23)31(25(20)13-18)17-21-7-3-6-19-5-1-2-10-24(19)21/h1-3,5-7,10-13,22-23,26H,4,8-9,14-17,28-29H2,(H,30,32). The van der Waals surface area contributed by atoms with Gasteiger partial charge in [-0.05, 0) is 59.2 Å². The Balaban J connectivity index is 1.46. The molecule has 166 valence electrons. The number of carbonyl (C=O) groups is 1. The van der Waals surface area contributed by atoms with Crippen LogP contribution >= 0.6 is 0 Å². The van der Waals surface area contributed by atoms with Gasteiger partial charge in [-0.15, -0.1) is 0 Å². The zero-order valence-corrected chi connectivity index (χ0v) is 18.5. The van der Waals surface area contributed by atoms with E-state index in [9.17, 15) is 4.79 Å². The lowest BCUT2D eigenvalue weighted by molar-refractivity contribution is -0.123. The summed E-state index contributed by atoms with van der Waals surface area (Å²) in [4.78, 5) is 15.8. The van der Waals surface area contributed by atoms with Gasteiger partial charge in [-0.1, -0.05) is 54.6 Å². The second kappa shape index (κ2) is 8.93. The van der Waals surface area contributed by atoms with Crippen molar-refractivity contribution in [2.24, 2.45) is 11.5 Å². The van der Waals surface area contributed by atoms with Crippen LogP contribution in [0.15, 0.2) is 60.7 Å². The van der Waals surface area contributed by atoms with Crippen molar-refractivity contribution < 1.29 is 4.79 Å². The second-order valence-corrected chi connectivity index (χ2v) is 9.29. The highest BCUT2D eigenvalue weighted by Crippen LogP contribution is 2.36. The Morgan fingerprint density at radius 3 is 2.75 bits per heavy atom. The van der Waals surface area contributed by atoms with Crippen molar-refractivity contribution in [2.45, 2.75) is 63.3 Å². The Labute approximate surface area is 189 Å². The summed E-state index contributed by atoms with van der Waals surface area (Å²) in [6, 6.07) is 21.4. The smallest absolute Gasteiger partial charge is 0.243 e. The van der Waals surface area contributed by atoms with Crippen LogP contribution in [0.5, 0.6) is 0 Å². The number of carbonyl (C=O) groups excluding carboxylic acids is 1. The summed E-state index contributed by atoms with van der Waals surface area (Å²) in [5.41, 5.74) is 16.8. The maximum atomic E-state index is 13.5. The van der Waals surface area contributed by atoms with E-state index in [0.29, 0.717) is 13.1 Å². The SMILES string of the molecule is NCc1ccc2c(c1)N(Cc1cccc3ccccc13)C(C(=O)NC1CCCC(N)C1)C2. The van der Waals surface area contributed by atoms with Crippen molar-refractivity contribution in [1.82, 2.24) is 5.32 Å². The van der Waals surface area contributed by atoms with Crippen LogP contribution < -0.4 is 21.7 Å². The Bertz CT molecular complexity index is 1120. The van der Waals surface area contributed by atoms with Gasteiger partial charge in [-0.2, -0.15) is 0 Å². The minimum absolute atomic E-state index is 0.106. The van der Waals surface area contributed by atoms with Gasteiger partial charge in [0.15, 0.2) is 0 Å². The Morgan fingerprint density at radius 1 is 1.06 bits per heavy atom. The van der Waals surface area contributed by atoms with Crippen LogP contribution in [0, 0.1) is 0 Å². The van der Waals surface area contributed by atoms with Crippen LogP contribution in [-0.2, 0) is 24.3 Å². The molecule has 5 N–H and O–H groups in total. The fourth-order valence-corrected chi connectivity index (χ4v) is 5.36. The van der Waals surface area contributed by atoms with Crippen molar-refractivity contribution in [3.05, 3.63) is 77.4 Å². The predicted molar refractivity (Wildman–Crippen MR) is 130 cm³/mol. The van der Waals surface area contributed by atoms with E-state index in [-0.39, 0.29) is 24.0 Å². The lowest BCUT2D eigenvalue weighted by Gasteiger charge is -2.32. The maximum Gasteiger partial charge on any atom is 0.243 e. The van der Waals surface area contributed by atoms with Gasteiger partial charge in [0, 0.05) is 37.3 Å². The van der Waals surface area contributed by atoms with E-state index >= 15 is 0 Å². The molecule has 3 atom stereocenters. The average molecular weight is 429 g/mol. The van der Waals surface area contributed by atoms with Gasteiger partial charge in [-0.25, -0.2) is 0 Å². The first-order chi connectivity index (χ1) is 15.6. The van der Waals surface area contributed by atoms with Crippen molar-refractivity contribution in [1.29, 1.82) is 0 Å². The summed E-state index contributed by atoms with van der Waals surface area (Å²) >= 11 is 0. The maximum absolute atomic E-state index is 13.5. The van der Waals surface area contributed by atoms with Crippen LogP contribution in [-0.4, -0.2) is 24.0 Å². The summed E-state index contributed by atoms with van der Waals surface area (Å²) in [5, 5.41) is 5.77. The number of nitrogens with zero attached hydrogens (tertiary/aromatic N) is 1. The van der Waals surface area contributed by atoms with Gasteiger partial charge >= 0.3 is 0 Å². The van der Waals surface area contributed by atoms with Gasteiger partial charge in [0.1, 0.15) is 6.04 Å². The molecular formula is C27H32N4O. The Kier molecular flexibility index (Phi) is 5.85. The number of anilines is 1. The number of nitrogens with two attached hydrogens (primary N) is 2. The Hall–Kier alpha value is -2.89. The molecular weight excluding hydrogens is 396 g/mol. The van der Waals surface area contributed by atoms with Gasteiger partial charge < -0.3 is 21.7 Å². The monoisotopic (exact) mass is 428 g/mol. The van der Waals surface area contributed by atoms with Crippen LogP contribution in [0.25, 0.3) is 10.8 Å². The fourth-order valence-electron chi connectivity index (χ4n) is 5.36. The van der Waals surface area contributed by atoms with E-state index in [4.69, 9.17) is 11.5 Å². The van der Waals surface area contributed by atoms with Crippen LogP contribution in [0.4, 0.5) is 5.69 Å². The molecule has 0 bridgehead atoms. The van der Waals surface area contributed by atoms with Gasteiger partial charge in [0.2, 0.25) is 5.91 Å². The van der Waals surface area contributed by atoms with E-state index in [0.717, 1.165) is 43.4 Å². The second-order valence-electron chi connectivity index (χ2n) is 9.29. The topological polar surface area (TPSA) is 84.4 Å². The molecule has 0 saturated heterocycles. The number of hydrogen-bond acceptors (Lipinski definition) is 4. The van der Waals surface area contributed by atoms with E-state index in [2.05, 4.69) is 70.9 Å². The summed E-state index contributed by atoms with van der Waals surface area (Å²) in [5.74, 6) is 0.106. The zero-order chi connectivity index (χ0) is 22.1. The minimum atomic E-state index is -0.227. The molecule has 1 heterocycles. The minimum Gasteiger partial charge on any atom is -0.355 e. The van der Waals surface area contributed by atoms with Crippen LogP contribution in [0.3, 0.4) is 0 Å². The highest BCUT2D eigenvalue weighted by molar-refractivity contribution is 5.90. The quantitative estimate of drug-likeness (QED) is 0.580. The molecule has 2 aliphatic rings. The summed E-state index contributed by atoms with van der Waals surface area (Å²) in [6.07, 6.45) is 4.73. The molecule has 1 fully saturated rings. The summed E-state index contributed by atoms with van der Waals surface area (Å²) < 4.78 is 0. The molecule has 5 nitrogen and oxygen atoms in total. The lowest BCUT2D eigenvalue weighted by Crippen LogP contribution is -2.50. The van der Waals surface area contributed by atoms with E-state index in [1.54, 1.807) is 0 Å². The third-order valence-electron chi connectivity index (χ3n) is 7.07. The van der Waals surface area contributed by atoms with Crippen molar-refractivity contribution in [2.75, 3.05) is 4.90 Å². The molecule has 3 unspecified atom stereocenters. The molecule has 5 heteroatoms. The predicted octanol–water partition coefficient (Wildman–Crippen LogP) is 3.62. The normalized spacial score (nSPS) is 22.7. The average Bonchev–Trinajstić information content (AvgIpc) is 3.17. The number of fused-ring (bicyclic) bond motifs is 2. The molecule has 3 aromatic rings. The van der Waals surface area contributed by atoms with Crippen molar-refractivity contribution in [3.63, 3.8) is 0 Å². The van der Waals surface area contributed by atoms with Crippen molar-refractivity contribution in [3.8, 4) is 0 Å². The molecule has 5 rings (SSSR count). The highest BCUT2D eigenvalue weighted by atomic mass is 16.2. The summed E-state index contributed by atoms with van der Waals surface area (Å²) in [6.45, 7) is 1.18.